The number of hydrogen-bond acceptors (Lipinski definition) is 8. The van der Waals surface area contributed by atoms with Gasteiger partial charge in [-0.15, -0.1) is 0 Å². The first kappa shape index (κ1) is 33.3. The molecule has 1 amide bonds. The second-order valence-electron chi connectivity index (χ2n) is 9.53. The van der Waals surface area contributed by atoms with Crippen LogP contribution in [0.1, 0.15) is 58.1 Å². The average Bonchev–Trinajstić information content (AvgIpc) is 2.91. The first-order valence-electron chi connectivity index (χ1n) is 12.8. The molecule has 0 spiro atoms. The van der Waals surface area contributed by atoms with Gasteiger partial charge >= 0.3 is 18.0 Å². The summed E-state index contributed by atoms with van der Waals surface area (Å²) in [6, 6.07) is 19.2. The topological polar surface area (TPSA) is 120 Å². The van der Waals surface area contributed by atoms with Crippen molar-refractivity contribution in [2.24, 2.45) is 0 Å². The van der Waals surface area contributed by atoms with Gasteiger partial charge in [-0.3, -0.25) is 10.1 Å². The lowest BCUT2D eigenvalue weighted by Crippen LogP contribution is -2.34. The van der Waals surface area contributed by atoms with E-state index in [2.05, 4.69) is 5.32 Å². The molecule has 1 atom stereocenters. The minimum atomic E-state index is -0.733. The standard InChI is InChI=1S/C23H33NO7.C7H8O/c1-17(25)29-16-19(30-15-18-11-7-6-8-12-18)13-9-10-14-20(21(26)28-5)24-22(27)31-23(2,3)4;8-6-7-4-2-1-3-5-7/h6-8,11-12,14,19H,9-10,13,15-16H2,1-5H3,(H,24,27);1-5,8H,6H2/b20-14-;. The highest BCUT2D eigenvalue weighted by Crippen LogP contribution is 2.12. The Labute approximate surface area is 231 Å². The van der Waals surface area contributed by atoms with Crippen LogP contribution >= 0.6 is 0 Å². The number of carbonyl (C=O) groups excluding carboxylic acids is 3. The Morgan fingerprint density at radius 2 is 1.56 bits per heavy atom. The van der Waals surface area contributed by atoms with Crippen molar-refractivity contribution in [2.75, 3.05) is 13.7 Å². The molecular weight excluding hydrogens is 502 g/mol. The highest BCUT2D eigenvalue weighted by molar-refractivity contribution is 5.92. The second kappa shape index (κ2) is 18.5. The zero-order valence-electron chi connectivity index (χ0n) is 23.5. The normalized spacial score (nSPS) is 11.9. The largest absolute Gasteiger partial charge is 0.464 e. The van der Waals surface area contributed by atoms with Crippen LogP contribution in [0.2, 0.25) is 0 Å². The maximum Gasteiger partial charge on any atom is 0.412 e. The van der Waals surface area contributed by atoms with Crippen molar-refractivity contribution in [3.63, 3.8) is 0 Å². The van der Waals surface area contributed by atoms with Gasteiger partial charge in [-0.2, -0.15) is 0 Å². The Kier molecular flexibility index (Phi) is 15.9. The molecule has 2 N–H and O–H groups in total. The molecule has 0 aromatic heterocycles. The molecule has 2 aromatic rings. The van der Waals surface area contributed by atoms with Gasteiger partial charge in [0.1, 0.15) is 17.9 Å². The van der Waals surface area contributed by atoms with E-state index in [0.29, 0.717) is 25.9 Å². The van der Waals surface area contributed by atoms with Crippen LogP contribution in [0.25, 0.3) is 0 Å². The third kappa shape index (κ3) is 16.7. The molecular formula is C30H41NO8. The summed E-state index contributed by atoms with van der Waals surface area (Å²) in [4.78, 5) is 35.0. The van der Waals surface area contributed by atoms with Gasteiger partial charge in [0.15, 0.2) is 0 Å². The molecule has 0 heterocycles. The van der Waals surface area contributed by atoms with Gasteiger partial charge < -0.3 is 24.1 Å². The molecule has 2 rings (SSSR count). The molecule has 214 valence electrons. The lowest BCUT2D eigenvalue weighted by molar-refractivity contribution is -0.145. The molecule has 0 aliphatic heterocycles. The predicted octanol–water partition coefficient (Wildman–Crippen LogP) is 5.07. The molecule has 0 bridgehead atoms. The fraction of sp³-hybridized carbons (Fsp3) is 0.433. The van der Waals surface area contributed by atoms with Crippen molar-refractivity contribution in [2.45, 2.75) is 71.9 Å². The monoisotopic (exact) mass is 543 g/mol. The molecule has 2 aromatic carbocycles. The summed E-state index contributed by atoms with van der Waals surface area (Å²) in [5.74, 6) is -1.04. The van der Waals surface area contributed by atoms with Crippen molar-refractivity contribution in [3.8, 4) is 0 Å². The van der Waals surface area contributed by atoms with Crippen LogP contribution in [-0.4, -0.2) is 48.6 Å². The SMILES string of the molecule is COC(=O)/C(=C/CCCC(COC(C)=O)OCc1ccccc1)NC(=O)OC(C)(C)C.OCc1ccccc1. The number of alkyl carbamates (subject to hydrolysis) is 1. The number of esters is 2. The zero-order valence-corrected chi connectivity index (χ0v) is 23.5. The summed E-state index contributed by atoms with van der Waals surface area (Å²) in [6.45, 7) is 7.22. The van der Waals surface area contributed by atoms with Crippen molar-refractivity contribution >= 4 is 18.0 Å². The fourth-order valence-corrected chi connectivity index (χ4v) is 3.10. The number of carbonyl (C=O) groups is 3. The smallest absolute Gasteiger partial charge is 0.412 e. The number of aliphatic hydroxyl groups is 1. The van der Waals surface area contributed by atoms with Crippen molar-refractivity contribution in [1.82, 2.24) is 5.32 Å². The molecule has 0 aliphatic rings. The van der Waals surface area contributed by atoms with Gasteiger partial charge in [0.05, 0.1) is 26.4 Å². The minimum absolute atomic E-state index is 0.0125. The molecule has 0 saturated heterocycles. The third-order valence-corrected chi connectivity index (χ3v) is 4.95. The Bertz CT molecular complexity index is 1020. The predicted molar refractivity (Wildman–Crippen MR) is 147 cm³/mol. The highest BCUT2D eigenvalue weighted by Gasteiger charge is 2.20. The zero-order chi connectivity index (χ0) is 29.1. The summed E-state index contributed by atoms with van der Waals surface area (Å²) in [6.07, 6.45) is 2.26. The Balaban J connectivity index is 0.000000806. The number of unbranched alkanes of at least 4 members (excludes halogenated alkanes) is 1. The second-order valence-corrected chi connectivity index (χ2v) is 9.53. The van der Waals surface area contributed by atoms with E-state index in [1.807, 2.05) is 60.7 Å². The Morgan fingerprint density at radius 3 is 2.05 bits per heavy atom. The summed E-state index contributed by atoms with van der Waals surface area (Å²) in [5, 5.41) is 11.0. The van der Waals surface area contributed by atoms with Crippen molar-refractivity contribution in [3.05, 3.63) is 83.6 Å². The maximum absolute atomic E-state index is 11.9. The van der Waals surface area contributed by atoms with E-state index in [9.17, 15) is 14.4 Å². The van der Waals surface area contributed by atoms with Gasteiger partial charge in [0.2, 0.25) is 0 Å². The van der Waals surface area contributed by atoms with E-state index in [1.165, 1.54) is 14.0 Å². The van der Waals surface area contributed by atoms with Crippen LogP contribution in [0.4, 0.5) is 4.79 Å². The quantitative estimate of drug-likeness (QED) is 0.165. The van der Waals surface area contributed by atoms with Gasteiger partial charge in [0.25, 0.3) is 0 Å². The van der Waals surface area contributed by atoms with Crippen LogP contribution in [0, 0.1) is 0 Å². The van der Waals surface area contributed by atoms with E-state index < -0.39 is 17.7 Å². The first-order chi connectivity index (χ1) is 18.5. The molecule has 0 saturated carbocycles. The van der Waals surface area contributed by atoms with Crippen LogP contribution in [0.15, 0.2) is 72.4 Å². The number of amides is 1. The Hall–Kier alpha value is -3.69. The van der Waals surface area contributed by atoms with Crippen LogP contribution in [-0.2, 0) is 41.8 Å². The molecule has 0 radical (unpaired) electrons. The number of methoxy groups -OCH3 is 1. The van der Waals surface area contributed by atoms with Crippen LogP contribution < -0.4 is 5.32 Å². The summed E-state index contributed by atoms with van der Waals surface area (Å²) in [5.41, 5.74) is 1.31. The summed E-state index contributed by atoms with van der Waals surface area (Å²) < 4.78 is 20.9. The van der Waals surface area contributed by atoms with Gasteiger partial charge in [-0.1, -0.05) is 66.7 Å². The highest BCUT2D eigenvalue weighted by atomic mass is 16.6. The van der Waals surface area contributed by atoms with Gasteiger partial charge in [-0.05, 0) is 51.2 Å². The van der Waals surface area contributed by atoms with E-state index in [-0.39, 0.29) is 31.0 Å². The molecule has 9 heteroatoms. The van der Waals surface area contributed by atoms with Crippen LogP contribution in [0.3, 0.4) is 0 Å². The lowest BCUT2D eigenvalue weighted by atomic mass is 10.1. The summed E-state index contributed by atoms with van der Waals surface area (Å²) >= 11 is 0. The number of nitrogens with one attached hydrogen (secondary N) is 1. The molecule has 0 aliphatic carbocycles. The number of benzene rings is 2. The van der Waals surface area contributed by atoms with Crippen LogP contribution in [0.5, 0.6) is 0 Å². The van der Waals surface area contributed by atoms with E-state index in [4.69, 9.17) is 24.1 Å². The first-order valence-corrected chi connectivity index (χ1v) is 12.8. The lowest BCUT2D eigenvalue weighted by Gasteiger charge is -2.20. The molecule has 39 heavy (non-hydrogen) atoms. The number of rotatable bonds is 12. The van der Waals surface area contributed by atoms with Gasteiger partial charge in [0, 0.05) is 6.92 Å². The van der Waals surface area contributed by atoms with Crippen molar-refractivity contribution < 1.29 is 38.4 Å². The number of hydrogen-bond donors (Lipinski definition) is 2. The molecule has 9 nitrogen and oxygen atoms in total. The van der Waals surface area contributed by atoms with Gasteiger partial charge in [-0.25, -0.2) is 9.59 Å². The van der Waals surface area contributed by atoms with Crippen molar-refractivity contribution in [1.29, 1.82) is 0 Å². The minimum Gasteiger partial charge on any atom is -0.464 e. The maximum atomic E-state index is 11.9. The average molecular weight is 544 g/mol. The van der Waals surface area contributed by atoms with E-state index >= 15 is 0 Å². The Morgan fingerprint density at radius 1 is 0.974 bits per heavy atom. The third-order valence-electron chi connectivity index (χ3n) is 4.95. The molecule has 0 fully saturated rings. The fourth-order valence-electron chi connectivity index (χ4n) is 3.10. The molecule has 1 unspecified atom stereocenters. The van der Waals surface area contributed by atoms with E-state index in [0.717, 1.165) is 11.1 Å². The van der Waals surface area contributed by atoms with E-state index in [1.54, 1.807) is 26.8 Å². The number of aliphatic hydroxyl groups excluding tert-OH is 1. The summed E-state index contributed by atoms with van der Waals surface area (Å²) in [7, 11) is 1.24. The number of allylic oxidation sites excluding steroid dienone is 1. The number of ether oxygens (including phenoxy) is 4.